The molecule has 1 unspecified atom stereocenters. The van der Waals surface area contributed by atoms with Gasteiger partial charge in [0, 0.05) is 12.6 Å². The van der Waals surface area contributed by atoms with Gasteiger partial charge in [-0.05, 0) is 75.6 Å². The molecular weight excluding hydrogens is 397 g/mol. The van der Waals surface area contributed by atoms with Crippen molar-refractivity contribution in [2.75, 3.05) is 13.1 Å². The lowest BCUT2D eigenvalue weighted by Crippen LogP contribution is -2.36. The molecule has 0 bridgehead atoms. The quantitative estimate of drug-likeness (QED) is 0.426. The minimum atomic E-state index is -4.45. The highest BCUT2D eigenvalue weighted by Gasteiger charge is 2.50. The van der Waals surface area contributed by atoms with Gasteiger partial charge in [0.15, 0.2) is 0 Å². The molecule has 166 valence electrons. The first kappa shape index (κ1) is 23.3. The number of hydrogen-bond donors (Lipinski definition) is 0. The van der Waals surface area contributed by atoms with Crippen molar-refractivity contribution in [2.45, 2.75) is 63.6 Å². The summed E-state index contributed by atoms with van der Waals surface area (Å²) in [5, 5.41) is 10.1. The Labute approximate surface area is 183 Å². The maximum atomic E-state index is 13.7. The second kappa shape index (κ2) is 9.87. The normalized spacial score (nSPS) is 16.3. The van der Waals surface area contributed by atoms with E-state index in [0.717, 1.165) is 38.4 Å². The van der Waals surface area contributed by atoms with Crippen LogP contribution in [0.15, 0.2) is 54.6 Å². The molecule has 2 nitrogen and oxygen atoms in total. The van der Waals surface area contributed by atoms with Gasteiger partial charge in [-0.25, -0.2) is 0 Å². The van der Waals surface area contributed by atoms with E-state index in [1.54, 1.807) is 6.07 Å². The van der Waals surface area contributed by atoms with Crippen LogP contribution in [0.5, 0.6) is 0 Å². The number of nitriles is 1. The summed E-state index contributed by atoms with van der Waals surface area (Å²) in [6, 6.07) is 18.6. The molecule has 1 saturated carbocycles. The van der Waals surface area contributed by atoms with Crippen molar-refractivity contribution in [1.82, 2.24) is 4.90 Å². The summed E-state index contributed by atoms with van der Waals surface area (Å²) in [5.74, 6) is 0.0119. The molecule has 0 N–H and O–H groups in total. The summed E-state index contributed by atoms with van der Waals surface area (Å²) in [7, 11) is 0. The molecule has 5 heteroatoms. The third kappa shape index (κ3) is 5.68. The van der Waals surface area contributed by atoms with E-state index in [9.17, 15) is 18.4 Å². The molecule has 0 radical (unpaired) electrons. The van der Waals surface area contributed by atoms with Gasteiger partial charge in [0.05, 0.1) is 17.0 Å². The maximum Gasteiger partial charge on any atom is 0.416 e. The Morgan fingerprint density at radius 3 is 2.13 bits per heavy atom. The van der Waals surface area contributed by atoms with E-state index in [2.05, 4.69) is 36.9 Å². The molecule has 2 aromatic carbocycles. The Bertz CT molecular complexity index is 882. The van der Waals surface area contributed by atoms with E-state index >= 15 is 0 Å². The predicted molar refractivity (Wildman–Crippen MR) is 118 cm³/mol. The van der Waals surface area contributed by atoms with E-state index in [4.69, 9.17) is 0 Å². The van der Waals surface area contributed by atoms with Crippen molar-refractivity contribution >= 4 is 0 Å². The van der Waals surface area contributed by atoms with Gasteiger partial charge in [0.2, 0.25) is 0 Å². The molecule has 1 aliphatic rings. The average Bonchev–Trinajstić information content (AvgIpc) is 3.59. The fraction of sp³-hybridized carbons (Fsp3) is 0.500. The van der Waals surface area contributed by atoms with Gasteiger partial charge in [-0.1, -0.05) is 48.5 Å². The first-order valence-electron chi connectivity index (χ1n) is 11.1. The van der Waals surface area contributed by atoms with Crippen LogP contribution in [0.2, 0.25) is 0 Å². The first-order chi connectivity index (χ1) is 14.8. The van der Waals surface area contributed by atoms with E-state index in [1.807, 2.05) is 18.2 Å². The van der Waals surface area contributed by atoms with Gasteiger partial charge in [-0.2, -0.15) is 18.4 Å². The lowest BCUT2D eigenvalue weighted by atomic mass is 9.72. The Kier molecular flexibility index (Phi) is 7.43. The van der Waals surface area contributed by atoms with Crippen molar-refractivity contribution in [1.29, 1.82) is 5.26 Å². The summed E-state index contributed by atoms with van der Waals surface area (Å²) in [6.45, 7) is 5.95. The number of benzene rings is 2. The summed E-state index contributed by atoms with van der Waals surface area (Å²) in [6.07, 6.45) is -0.725. The van der Waals surface area contributed by atoms with Crippen molar-refractivity contribution < 1.29 is 13.2 Å². The largest absolute Gasteiger partial charge is 0.416 e. The van der Waals surface area contributed by atoms with Crippen LogP contribution in [0.25, 0.3) is 0 Å². The Balaban J connectivity index is 1.73. The molecular formula is C26H31F3N2. The molecule has 1 aliphatic carbocycles. The molecule has 0 spiro atoms. The van der Waals surface area contributed by atoms with Crippen molar-refractivity contribution in [3.63, 3.8) is 0 Å². The Hall–Kier alpha value is -2.32. The van der Waals surface area contributed by atoms with Crippen molar-refractivity contribution in [3.05, 3.63) is 71.3 Å². The number of alkyl halides is 3. The zero-order valence-corrected chi connectivity index (χ0v) is 18.3. The number of hydrogen-bond acceptors (Lipinski definition) is 2. The van der Waals surface area contributed by atoms with E-state index < -0.39 is 17.2 Å². The lowest BCUT2D eigenvalue weighted by Gasteiger charge is -2.32. The summed E-state index contributed by atoms with van der Waals surface area (Å²) >= 11 is 0. The zero-order valence-electron chi connectivity index (χ0n) is 18.3. The van der Waals surface area contributed by atoms with Gasteiger partial charge < -0.3 is 4.90 Å². The standard InChI is InChI=1S/C26H31F3N2/c1-20(2)31(18-15-21-9-4-3-5-10-21)17-8-16-25(19-30,22-13-14-22)23-11-6-7-12-24(23)26(27,28)29/h3-7,9-12,20,22H,8,13-18H2,1-2H3. The summed E-state index contributed by atoms with van der Waals surface area (Å²) in [4.78, 5) is 2.36. The molecule has 0 amide bonds. The summed E-state index contributed by atoms with van der Waals surface area (Å²) < 4.78 is 41.1. The van der Waals surface area contributed by atoms with Gasteiger partial charge in [-0.15, -0.1) is 0 Å². The molecule has 0 heterocycles. The molecule has 31 heavy (non-hydrogen) atoms. The minimum absolute atomic E-state index is 0.0119. The van der Waals surface area contributed by atoms with Crippen LogP contribution in [0.3, 0.4) is 0 Å². The highest BCUT2D eigenvalue weighted by molar-refractivity contribution is 5.43. The molecule has 3 rings (SSSR count). The van der Waals surface area contributed by atoms with Crippen LogP contribution in [0.4, 0.5) is 13.2 Å². The second-order valence-electron chi connectivity index (χ2n) is 8.87. The van der Waals surface area contributed by atoms with E-state index in [-0.39, 0.29) is 11.5 Å². The van der Waals surface area contributed by atoms with E-state index in [0.29, 0.717) is 18.9 Å². The smallest absolute Gasteiger partial charge is 0.301 e. The molecule has 2 aromatic rings. The highest BCUT2D eigenvalue weighted by atomic mass is 19.4. The summed E-state index contributed by atoms with van der Waals surface area (Å²) in [5.41, 5.74) is -0.286. The molecule has 1 atom stereocenters. The van der Waals surface area contributed by atoms with Gasteiger partial charge in [0.25, 0.3) is 0 Å². The third-order valence-electron chi connectivity index (χ3n) is 6.46. The maximum absolute atomic E-state index is 13.7. The van der Waals surface area contributed by atoms with Crippen LogP contribution < -0.4 is 0 Å². The highest BCUT2D eigenvalue weighted by Crippen LogP contribution is 2.52. The third-order valence-corrected chi connectivity index (χ3v) is 6.46. The van der Waals surface area contributed by atoms with Crippen LogP contribution in [-0.2, 0) is 18.0 Å². The van der Waals surface area contributed by atoms with E-state index in [1.165, 1.54) is 17.7 Å². The van der Waals surface area contributed by atoms with Gasteiger partial charge in [0.1, 0.15) is 0 Å². The Morgan fingerprint density at radius 2 is 1.58 bits per heavy atom. The average molecular weight is 429 g/mol. The predicted octanol–water partition coefficient (Wildman–Crippen LogP) is 6.61. The fourth-order valence-corrected chi connectivity index (χ4v) is 4.57. The van der Waals surface area contributed by atoms with Gasteiger partial charge >= 0.3 is 6.18 Å². The first-order valence-corrected chi connectivity index (χ1v) is 11.1. The fourth-order valence-electron chi connectivity index (χ4n) is 4.57. The van der Waals surface area contributed by atoms with Crippen molar-refractivity contribution in [2.24, 2.45) is 5.92 Å². The minimum Gasteiger partial charge on any atom is -0.301 e. The molecule has 0 saturated heterocycles. The van der Waals surface area contributed by atoms with Crippen LogP contribution in [-0.4, -0.2) is 24.0 Å². The SMILES string of the molecule is CC(C)N(CCCC(C#N)(c1ccccc1C(F)(F)F)C1CC1)CCc1ccccc1. The van der Waals surface area contributed by atoms with Crippen LogP contribution in [0.1, 0.15) is 56.2 Å². The number of halogens is 3. The monoisotopic (exact) mass is 428 g/mol. The van der Waals surface area contributed by atoms with Gasteiger partial charge in [-0.3, -0.25) is 0 Å². The second-order valence-corrected chi connectivity index (χ2v) is 8.87. The Morgan fingerprint density at radius 1 is 0.968 bits per heavy atom. The number of nitrogens with zero attached hydrogens (tertiary/aromatic N) is 2. The van der Waals surface area contributed by atoms with Crippen molar-refractivity contribution in [3.8, 4) is 6.07 Å². The topological polar surface area (TPSA) is 27.0 Å². The van der Waals surface area contributed by atoms with Crippen LogP contribution >= 0.6 is 0 Å². The number of rotatable bonds is 10. The lowest BCUT2D eigenvalue weighted by molar-refractivity contribution is -0.138. The van der Waals surface area contributed by atoms with Crippen LogP contribution in [0, 0.1) is 17.2 Å². The molecule has 0 aliphatic heterocycles. The zero-order chi connectivity index (χ0) is 22.5. The molecule has 1 fully saturated rings. The molecule has 0 aromatic heterocycles.